The van der Waals surface area contributed by atoms with Gasteiger partial charge in [0.15, 0.2) is 17.4 Å². The maximum absolute atomic E-state index is 8.88. The molecular weight excluding hydrogens is 407 g/mol. The summed E-state index contributed by atoms with van der Waals surface area (Å²) in [6.45, 7) is 0. The molecule has 0 aromatic rings. The van der Waals surface area contributed by atoms with Crippen molar-refractivity contribution in [2.75, 3.05) is 0 Å². The van der Waals surface area contributed by atoms with Crippen molar-refractivity contribution in [3.63, 3.8) is 0 Å². The maximum atomic E-state index is 8.88. The van der Waals surface area contributed by atoms with Gasteiger partial charge in [0, 0.05) is 83.5 Å². The summed E-state index contributed by atoms with van der Waals surface area (Å²) >= 11 is 0. The molecule has 0 aliphatic carbocycles. The number of hydrogen-bond donors (Lipinski definition) is 3. The molecule has 0 rings (SSSR count). The van der Waals surface area contributed by atoms with Crippen LogP contribution in [0.25, 0.3) is 0 Å². The zero-order chi connectivity index (χ0) is 4.50. The molecule has 10 heteroatoms. The summed E-state index contributed by atoms with van der Waals surface area (Å²) in [5, 5.41) is 0. The molecule has 0 fully saturated rings. The molecule has 0 bridgehead atoms. The van der Waals surface area contributed by atoms with Crippen LogP contribution in [0, 0.1) is 35.6 Å². The van der Waals surface area contributed by atoms with Crippen molar-refractivity contribution in [2.45, 2.75) is 0 Å². The summed E-state index contributed by atoms with van der Waals surface area (Å²) in [7, 11) is -4.64. The Morgan fingerprint density at radius 3 is 1.10 bits per heavy atom. The molecule has 0 atom stereocenters. The maximum Gasteiger partial charge on any atom is 0 e. The van der Waals surface area contributed by atoms with E-state index in [1.54, 1.807) is 0 Å². The second kappa shape index (κ2) is 18.7. The second-order valence-corrected chi connectivity index (χ2v) is 1.54. The van der Waals surface area contributed by atoms with E-state index in [9.17, 15) is 0 Å². The molecule has 1 radical (unpaired) electrons. The average molecular weight is 414 g/mol. The van der Waals surface area contributed by atoms with Gasteiger partial charge in [-0.2, -0.15) is 0 Å². The average Bonchev–Trinajstić information content (AvgIpc) is 0.722. The van der Waals surface area contributed by atoms with E-state index >= 15 is 0 Å². The molecular formula is H7AlLaLiO4PTiZr. The summed E-state index contributed by atoms with van der Waals surface area (Å²) in [6.07, 6.45) is 0. The summed E-state index contributed by atoms with van der Waals surface area (Å²) < 4.78 is 8.88. The largest absolute Gasteiger partial charge is 0 e. The van der Waals surface area contributed by atoms with Gasteiger partial charge >= 0.3 is 26.7 Å². The molecule has 0 aliphatic heterocycles. The van der Waals surface area contributed by atoms with Crippen molar-refractivity contribution >= 4 is 44.0 Å². The zero-order valence-corrected chi connectivity index (χ0v) is 12.3. The number of hydrogen-bond acceptors (Lipinski definition) is 1. The standard InChI is InChI=1S/Al.La.Li.H3O4P.Ti.Zr.4H/c;;;1-5(2,3)4;;;;;;/h;;;(H3,1,2,3,4);;;;;;. The van der Waals surface area contributed by atoms with Gasteiger partial charge in [-0.3, -0.25) is 0 Å². The topological polar surface area (TPSA) is 77.8 Å². The number of phosphoric acid groups is 1. The SMILES string of the molecule is O=P(O)(O)O.[AlH3].[La].[LiH].[Ti].[Zr]. The van der Waals surface area contributed by atoms with Crippen LogP contribution in [-0.2, 0) is 52.5 Å². The fourth-order valence-electron chi connectivity index (χ4n) is 0. The Morgan fingerprint density at radius 2 is 1.10 bits per heavy atom. The van der Waals surface area contributed by atoms with E-state index in [4.69, 9.17) is 19.2 Å². The van der Waals surface area contributed by atoms with Crippen molar-refractivity contribution in [3.05, 3.63) is 0 Å². The Kier molecular flexibility index (Phi) is 69.2. The smallest absolute Gasteiger partial charge is 0 e. The monoisotopic (exact) mass is 413 g/mol. The Labute approximate surface area is 144 Å². The van der Waals surface area contributed by atoms with Crippen LogP contribution < -0.4 is 0 Å². The van der Waals surface area contributed by atoms with Crippen molar-refractivity contribution in [2.24, 2.45) is 0 Å². The molecule has 0 aromatic heterocycles. The fourth-order valence-corrected chi connectivity index (χ4v) is 0. The Balaban J connectivity index is -0.00000000800. The third kappa shape index (κ3) is 90.1. The summed E-state index contributed by atoms with van der Waals surface area (Å²) in [5.74, 6) is 0. The minimum atomic E-state index is -4.64. The van der Waals surface area contributed by atoms with Gasteiger partial charge in [-0.25, -0.2) is 4.57 Å². The zero-order valence-electron chi connectivity index (χ0n) is 3.77. The first-order valence-corrected chi connectivity index (χ1v) is 2.35. The van der Waals surface area contributed by atoms with Crippen LogP contribution in [0.3, 0.4) is 0 Å². The Morgan fingerprint density at radius 1 is 1.10 bits per heavy atom. The van der Waals surface area contributed by atoms with Crippen LogP contribution in [0.4, 0.5) is 0 Å². The van der Waals surface area contributed by atoms with Gasteiger partial charge in [-0.1, -0.05) is 0 Å². The van der Waals surface area contributed by atoms with E-state index in [-0.39, 0.29) is 120 Å². The predicted molar refractivity (Wildman–Crippen MR) is 31.4 cm³/mol. The molecule has 0 unspecified atom stereocenters. The number of rotatable bonds is 0. The third-order valence-electron chi connectivity index (χ3n) is 0. The predicted octanol–water partition coefficient (Wildman–Crippen LogP) is -2.77. The van der Waals surface area contributed by atoms with E-state index < -0.39 is 7.82 Å². The van der Waals surface area contributed by atoms with Crippen LogP contribution in [0.5, 0.6) is 0 Å². The molecule has 0 saturated carbocycles. The summed E-state index contributed by atoms with van der Waals surface area (Å²) in [4.78, 5) is 21.6. The van der Waals surface area contributed by atoms with Gasteiger partial charge in [0.2, 0.25) is 0 Å². The molecule has 0 aliphatic rings. The van der Waals surface area contributed by atoms with Gasteiger partial charge in [0.1, 0.15) is 0 Å². The molecule has 0 heterocycles. The first-order valence-electron chi connectivity index (χ1n) is 0.783. The normalized spacial score (nSPS) is 5.90. The Hall–Kier alpha value is 4.03. The van der Waals surface area contributed by atoms with Crippen LogP contribution >= 0.6 is 7.82 Å². The van der Waals surface area contributed by atoms with Crippen LogP contribution in [-0.4, -0.2) is 50.9 Å². The minimum Gasteiger partial charge on any atom is 0 e. The van der Waals surface area contributed by atoms with E-state index in [1.165, 1.54) is 0 Å². The minimum absolute atomic E-state index is 0. The fraction of sp³-hybridized carbons (Fsp3) is 0. The molecule has 0 amide bonds. The van der Waals surface area contributed by atoms with Gasteiger partial charge in [0.05, 0.1) is 0 Å². The van der Waals surface area contributed by atoms with E-state index in [0.717, 1.165) is 0 Å². The van der Waals surface area contributed by atoms with Crippen LogP contribution in [0.2, 0.25) is 0 Å². The molecule has 4 nitrogen and oxygen atoms in total. The van der Waals surface area contributed by atoms with Crippen LogP contribution in [0.15, 0.2) is 0 Å². The van der Waals surface area contributed by atoms with E-state index in [1.807, 2.05) is 0 Å². The van der Waals surface area contributed by atoms with Gasteiger partial charge < -0.3 is 14.7 Å². The van der Waals surface area contributed by atoms with Crippen LogP contribution in [0.1, 0.15) is 0 Å². The van der Waals surface area contributed by atoms with Gasteiger partial charge in [0.25, 0.3) is 0 Å². The van der Waals surface area contributed by atoms with Crippen molar-refractivity contribution in [1.29, 1.82) is 0 Å². The van der Waals surface area contributed by atoms with Crippen molar-refractivity contribution < 1.29 is 103 Å². The third-order valence-corrected chi connectivity index (χ3v) is 0. The van der Waals surface area contributed by atoms with Gasteiger partial charge in [-0.05, 0) is 0 Å². The van der Waals surface area contributed by atoms with E-state index in [0.29, 0.717) is 0 Å². The quantitative estimate of drug-likeness (QED) is 0.297. The molecule has 10 heavy (non-hydrogen) atoms. The molecule has 0 spiro atoms. The van der Waals surface area contributed by atoms with Crippen molar-refractivity contribution in [3.8, 4) is 0 Å². The Bertz CT molecular complexity index is 71.4. The van der Waals surface area contributed by atoms with Crippen molar-refractivity contribution in [1.82, 2.24) is 0 Å². The van der Waals surface area contributed by atoms with E-state index in [2.05, 4.69) is 0 Å². The van der Waals surface area contributed by atoms with Gasteiger partial charge in [-0.15, -0.1) is 0 Å². The first-order chi connectivity index (χ1) is 2.00. The summed E-state index contributed by atoms with van der Waals surface area (Å²) in [5.41, 5.74) is 0. The molecule has 0 saturated heterocycles. The second-order valence-electron chi connectivity index (χ2n) is 0.513. The summed E-state index contributed by atoms with van der Waals surface area (Å²) in [6, 6.07) is 0. The first kappa shape index (κ1) is 36.9. The molecule has 0 aromatic carbocycles. The molecule has 51 valence electrons. The molecule has 3 N–H and O–H groups in total.